The Balaban J connectivity index is 3.51. The number of primary amides is 1. The lowest BCUT2D eigenvalue weighted by Crippen LogP contribution is -2.57. The van der Waals surface area contributed by atoms with Crippen molar-refractivity contribution in [2.45, 2.75) is 96.8 Å². The van der Waals surface area contributed by atoms with Crippen LogP contribution in [0.1, 0.15) is 72.6 Å². The number of nitrogens with one attached hydrogen (secondary N) is 6. The maximum atomic E-state index is 13.6. The zero-order valence-electron chi connectivity index (χ0n) is 27.7. The second kappa shape index (κ2) is 21.2. The number of hydrogen-bond donors (Lipinski definition) is 9. The van der Waals surface area contributed by atoms with Gasteiger partial charge in [0.15, 0.2) is 5.78 Å². The molecule has 17 heteroatoms. The van der Waals surface area contributed by atoms with E-state index in [4.69, 9.17) is 11.5 Å². The van der Waals surface area contributed by atoms with E-state index in [0.717, 1.165) is 0 Å². The summed E-state index contributed by atoms with van der Waals surface area (Å²) in [5.74, 6) is -6.83. The third-order valence-electron chi connectivity index (χ3n) is 7.50. The fourth-order valence-corrected chi connectivity index (χ4v) is 5.14. The van der Waals surface area contributed by atoms with Gasteiger partial charge in [-0.05, 0) is 44.1 Å². The van der Waals surface area contributed by atoms with Crippen LogP contribution < -0.4 is 43.4 Å². The monoisotopic (exact) mass is 684 g/mol. The Kier molecular flexibility index (Phi) is 18.6. The molecule has 0 aliphatic carbocycles. The number of rotatable bonds is 11. The van der Waals surface area contributed by atoms with Crippen LogP contribution in [0.4, 0.5) is 0 Å². The highest BCUT2D eigenvalue weighted by molar-refractivity contribution is 7.80. The zero-order valence-corrected chi connectivity index (χ0v) is 28.6. The average molecular weight is 685 g/mol. The predicted octanol–water partition coefficient (Wildman–Crippen LogP) is -2.23. The Morgan fingerprint density at radius 1 is 0.766 bits per heavy atom. The molecule has 0 aromatic carbocycles. The highest BCUT2D eigenvalue weighted by Gasteiger charge is 2.33. The molecule has 7 amide bonds. The number of hydrogen-bond acceptors (Lipinski definition) is 10. The van der Waals surface area contributed by atoms with Crippen molar-refractivity contribution in [1.29, 1.82) is 0 Å². The lowest BCUT2D eigenvalue weighted by Gasteiger charge is -2.27. The van der Waals surface area contributed by atoms with Gasteiger partial charge in [0.05, 0.1) is 19.1 Å². The number of Topliss-reactive ketones (excluding diaryl/α,β-unsaturated/α-hetero) is 1. The minimum Gasteiger partial charge on any atom is -0.370 e. The standard InChI is InChI=1S/C30H52N8O8S/c1-16(2)11-20-29(45)38-26(17(3)4)30(46)34-14-25(42)36-21(15-47)28(44)33-13-24(41)35-19(8-9-23(32)40)22(39)12-18(27(43)37-20)7-5-6-10-31/h16-21,26,47H,5-15,31H2,1-4H3,(H2,32,40)(H,33,44)(H,34,46)(H,35,41)(H,36,42)(H,37,43)(H,38,45)/t18-,19+,20+,21+,26+/m1/s1. The van der Waals surface area contributed by atoms with Crippen molar-refractivity contribution in [2.75, 3.05) is 25.4 Å². The molecule has 47 heavy (non-hydrogen) atoms. The summed E-state index contributed by atoms with van der Waals surface area (Å²) < 4.78 is 0. The normalized spacial score (nSPS) is 24.8. The minimum absolute atomic E-state index is 0.0441. The molecule has 16 nitrogen and oxygen atoms in total. The van der Waals surface area contributed by atoms with Crippen LogP contribution in [0.5, 0.6) is 0 Å². The topological polar surface area (TPSA) is 261 Å². The molecule has 0 radical (unpaired) electrons. The van der Waals surface area contributed by atoms with Gasteiger partial charge in [0.25, 0.3) is 0 Å². The predicted molar refractivity (Wildman–Crippen MR) is 176 cm³/mol. The first-order valence-corrected chi connectivity index (χ1v) is 16.6. The fraction of sp³-hybridized carbons (Fsp3) is 0.733. The molecular formula is C30H52N8O8S. The van der Waals surface area contributed by atoms with Crippen LogP contribution in [0, 0.1) is 17.8 Å². The summed E-state index contributed by atoms with van der Waals surface area (Å²) in [4.78, 5) is 103. The molecule has 1 rings (SSSR count). The van der Waals surface area contributed by atoms with E-state index in [1.54, 1.807) is 13.8 Å². The van der Waals surface area contributed by atoms with Crippen LogP contribution >= 0.6 is 12.6 Å². The Morgan fingerprint density at radius 2 is 1.36 bits per heavy atom. The first-order chi connectivity index (χ1) is 22.1. The minimum atomic E-state index is -1.20. The molecule has 0 unspecified atom stereocenters. The second-order valence-corrected chi connectivity index (χ2v) is 12.8. The molecule has 0 saturated carbocycles. The van der Waals surface area contributed by atoms with Crippen LogP contribution in [0.25, 0.3) is 0 Å². The summed E-state index contributed by atoms with van der Waals surface area (Å²) in [6.07, 6.45) is 0.845. The van der Waals surface area contributed by atoms with Gasteiger partial charge in [-0.25, -0.2) is 0 Å². The summed E-state index contributed by atoms with van der Waals surface area (Å²) in [7, 11) is 0. The quantitative estimate of drug-likeness (QED) is 0.0842. The van der Waals surface area contributed by atoms with Gasteiger partial charge in [-0.1, -0.05) is 34.1 Å². The molecule has 1 fully saturated rings. The van der Waals surface area contributed by atoms with Gasteiger partial charge in [-0.2, -0.15) is 12.6 Å². The smallest absolute Gasteiger partial charge is 0.243 e. The number of unbranched alkanes of at least 4 members (excludes halogenated alkanes) is 1. The van der Waals surface area contributed by atoms with Crippen molar-refractivity contribution in [1.82, 2.24) is 31.9 Å². The van der Waals surface area contributed by atoms with E-state index in [2.05, 4.69) is 44.5 Å². The Morgan fingerprint density at radius 3 is 1.89 bits per heavy atom. The first kappa shape index (κ1) is 41.3. The molecule has 5 atom stereocenters. The summed E-state index contributed by atoms with van der Waals surface area (Å²) in [5, 5.41) is 15.2. The summed E-state index contributed by atoms with van der Waals surface area (Å²) >= 11 is 4.09. The first-order valence-electron chi connectivity index (χ1n) is 16.0. The van der Waals surface area contributed by atoms with Gasteiger partial charge in [-0.3, -0.25) is 38.4 Å². The van der Waals surface area contributed by atoms with Crippen LogP contribution in [0.3, 0.4) is 0 Å². The van der Waals surface area contributed by atoms with E-state index >= 15 is 0 Å². The third kappa shape index (κ3) is 15.6. The summed E-state index contributed by atoms with van der Waals surface area (Å²) in [6, 6.07) is -4.49. The lowest BCUT2D eigenvalue weighted by molar-refractivity contribution is -0.136. The number of amides is 7. The number of ketones is 1. The molecule has 0 spiro atoms. The van der Waals surface area contributed by atoms with Crippen molar-refractivity contribution in [2.24, 2.45) is 29.2 Å². The van der Waals surface area contributed by atoms with E-state index in [9.17, 15) is 38.4 Å². The number of carbonyl (C=O) groups excluding carboxylic acids is 8. The molecule has 1 heterocycles. The number of carbonyl (C=O) groups is 8. The van der Waals surface area contributed by atoms with Crippen molar-refractivity contribution >= 4 is 59.8 Å². The van der Waals surface area contributed by atoms with Crippen LogP contribution in [-0.4, -0.2) is 96.7 Å². The van der Waals surface area contributed by atoms with Crippen LogP contribution in [-0.2, 0) is 38.4 Å². The molecule has 0 aromatic heterocycles. The molecule has 1 aliphatic heterocycles. The van der Waals surface area contributed by atoms with Gasteiger partial charge in [0.1, 0.15) is 18.1 Å². The van der Waals surface area contributed by atoms with E-state index in [1.165, 1.54) is 0 Å². The van der Waals surface area contributed by atoms with E-state index < -0.39 is 96.2 Å². The van der Waals surface area contributed by atoms with Crippen molar-refractivity contribution in [3.63, 3.8) is 0 Å². The third-order valence-corrected chi connectivity index (χ3v) is 7.86. The zero-order chi connectivity index (χ0) is 35.7. The SMILES string of the molecule is CC(C)C[C@@H]1NC(=O)[C@H](CCCCN)CC(=O)[C@H](CCC(N)=O)NC(=O)CNC(=O)[C@H](CS)NC(=O)CNC(=O)[C@H](C(C)C)NC1=O. The van der Waals surface area contributed by atoms with E-state index in [0.29, 0.717) is 19.4 Å². The van der Waals surface area contributed by atoms with Gasteiger partial charge < -0.3 is 43.4 Å². The van der Waals surface area contributed by atoms with E-state index in [-0.39, 0.29) is 43.8 Å². The Labute approximate surface area is 281 Å². The molecule has 0 bridgehead atoms. The summed E-state index contributed by atoms with van der Waals surface area (Å²) in [5.41, 5.74) is 10.9. The molecule has 1 aliphatic rings. The van der Waals surface area contributed by atoms with Gasteiger partial charge >= 0.3 is 0 Å². The molecule has 266 valence electrons. The van der Waals surface area contributed by atoms with Crippen molar-refractivity contribution < 1.29 is 38.4 Å². The van der Waals surface area contributed by atoms with Crippen LogP contribution in [0.2, 0.25) is 0 Å². The molecule has 10 N–H and O–H groups in total. The molecule has 1 saturated heterocycles. The average Bonchev–Trinajstić information content (AvgIpc) is 3.00. The largest absolute Gasteiger partial charge is 0.370 e. The van der Waals surface area contributed by atoms with Crippen molar-refractivity contribution in [3.8, 4) is 0 Å². The Hall–Kier alpha value is -3.73. The maximum absolute atomic E-state index is 13.6. The number of nitrogens with two attached hydrogens (primary N) is 2. The molecular weight excluding hydrogens is 632 g/mol. The lowest BCUT2D eigenvalue weighted by atomic mass is 9.90. The summed E-state index contributed by atoms with van der Waals surface area (Å²) in [6.45, 7) is 6.39. The Bertz CT molecular complexity index is 1140. The highest BCUT2D eigenvalue weighted by atomic mass is 32.1. The van der Waals surface area contributed by atoms with Crippen molar-refractivity contribution in [3.05, 3.63) is 0 Å². The number of thiol groups is 1. The van der Waals surface area contributed by atoms with Gasteiger partial charge in [-0.15, -0.1) is 0 Å². The molecule has 0 aromatic rings. The van der Waals surface area contributed by atoms with E-state index in [1.807, 2.05) is 13.8 Å². The maximum Gasteiger partial charge on any atom is 0.243 e. The second-order valence-electron chi connectivity index (χ2n) is 12.4. The fourth-order valence-electron chi connectivity index (χ4n) is 4.88. The highest BCUT2D eigenvalue weighted by Crippen LogP contribution is 2.18. The van der Waals surface area contributed by atoms with Gasteiger partial charge in [0, 0.05) is 24.5 Å². The van der Waals surface area contributed by atoms with Crippen LogP contribution in [0.15, 0.2) is 0 Å². The van der Waals surface area contributed by atoms with Gasteiger partial charge in [0.2, 0.25) is 41.4 Å².